The highest BCUT2D eigenvalue weighted by Gasteiger charge is 2.22. The minimum absolute atomic E-state index is 0.151. The molecule has 7 nitrogen and oxygen atoms in total. The molecule has 0 spiro atoms. The van der Waals surface area contributed by atoms with Crippen molar-refractivity contribution in [3.05, 3.63) is 0 Å². The van der Waals surface area contributed by atoms with E-state index in [1.54, 1.807) is 0 Å². The van der Waals surface area contributed by atoms with Crippen LogP contribution in [0.2, 0.25) is 0 Å². The summed E-state index contributed by atoms with van der Waals surface area (Å²) in [6.45, 7) is 15.5. The van der Waals surface area contributed by atoms with Gasteiger partial charge >= 0.3 is 0 Å². The summed E-state index contributed by atoms with van der Waals surface area (Å²) in [5.41, 5.74) is 2.65. The first-order chi connectivity index (χ1) is 9.83. The van der Waals surface area contributed by atoms with E-state index in [0.29, 0.717) is 23.8 Å². The van der Waals surface area contributed by atoms with Gasteiger partial charge in [-0.05, 0) is 25.2 Å². The molecular formula is C14H29N7. The molecule has 0 radical (unpaired) electrons. The van der Waals surface area contributed by atoms with Crippen LogP contribution in [0.15, 0.2) is 0 Å². The Morgan fingerprint density at radius 2 is 1.67 bits per heavy atom. The summed E-state index contributed by atoms with van der Waals surface area (Å²) in [6, 6.07) is 0. The number of hydrazine groups is 1. The molecule has 0 aliphatic carbocycles. The summed E-state index contributed by atoms with van der Waals surface area (Å²) in [6.07, 6.45) is 0. The summed E-state index contributed by atoms with van der Waals surface area (Å²) in [5.74, 6) is 7.56. The second-order valence-electron chi connectivity index (χ2n) is 6.10. The molecule has 0 unspecified atom stereocenters. The molecule has 1 aromatic heterocycles. The lowest BCUT2D eigenvalue weighted by atomic mass is 9.81. The van der Waals surface area contributed by atoms with E-state index in [0.717, 1.165) is 19.6 Å². The van der Waals surface area contributed by atoms with Gasteiger partial charge in [-0.1, -0.05) is 27.7 Å². The number of nitrogens with two attached hydrogens (primary N) is 1. The molecule has 0 saturated carbocycles. The Morgan fingerprint density at radius 1 is 1.10 bits per heavy atom. The van der Waals surface area contributed by atoms with Crippen molar-refractivity contribution in [1.82, 2.24) is 15.0 Å². The van der Waals surface area contributed by atoms with E-state index in [-0.39, 0.29) is 5.41 Å². The molecule has 0 aromatic carbocycles. The van der Waals surface area contributed by atoms with E-state index in [9.17, 15) is 0 Å². The van der Waals surface area contributed by atoms with Crippen molar-refractivity contribution in [3.63, 3.8) is 0 Å². The van der Waals surface area contributed by atoms with Crippen LogP contribution in [0.1, 0.15) is 41.5 Å². The minimum atomic E-state index is 0.151. The number of nitrogens with one attached hydrogen (secondary N) is 2. The normalized spacial score (nSPS) is 11.6. The Labute approximate surface area is 127 Å². The molecule has 21 heavy (non-hydrogen) atoms. The quantitative estimate of drug-likeness (QED) is 0.499. The van der Waals surface area contributed by atoms with Crippen LogP contribution in [0.4, 0.5) is 17.8 Å². The zero-order valence-electron chi connectivity index (χ0n) is 14.1. The maximum absolute atomic E-state index is 5.45. The van der Waals surface area contributed by atoms with Crippen molar-refractivity contribution in [3.8, 4) is 0 Å². The number of aromatic nitrogens is 3. The smallest absolute Gasteiger partial charge is 0.243 e. The van der Waals surface area contributed by atoms with Crippen molar-refractivity contribution < 1.29 is 0 Å². The van der Waals surface area contributed by atoms with Crippen LogP contribution in [0, 0.1) is 11.3 Å². The summed E-state index contributed by atoms with van der Waals surface area (Å²) in [5, 5.41) is 3.30. The van der Waals surface area contributed by atoms with Crippen LogP contribution < -0.4 is 21.5 Å². The first-order valence-electron chi connectivity index (χ1n) is 7.55. The zero-order chi connectivity index (χ0) is 16.0. The maximum Gasteiger partial charge on any atom is 0.243 e. The zero-order valence-corrected chi connectivity index (χ0v) is 14.1. The second-order valence-corrected chi connectivity index (χ2v) is 6.10. The van der Waals surface area contributed by atoms with Crippen molar-refractivity contribution >= 4 is 17.8 Å². The van der Waals surface area contributed by atoms with Gasteiger partial charge in [0.25, 0.3) is 0 Å². The van der Waals surface area contributed by atoms with E-state index in [1.165, 1.54) is 0 Å². The molecule has 1 rings (SSSR count). The number of hydrogen-bond donors (Lipinski definition) is 3. The number of nitrogens with zero attached hydrogens (tertiary/aromatic N) is 4. The molecule has 0 atom stereocenters. The Hall–Kier alpha value is -1.63. The highest BCUT2D eigenvalue weighted by Crippen LogP contribution is 2.26. The highest BCUT2D eigenvalue weighted by molar-refractivity contribution is 5.43. The predicted octanol–water partition coefficient (Wildman–Crippen LogP) is 2.10. The summed E-state index contributed by atoms with van der Waals surface area (Å²) < 4.78 is 0. The molecule has 0 amide bonds. The number of hydrogen-bond acceptors (Lipinski definition) is 7. The second kappa shape index (κ2) is 7.40. The molecule has 7 heteroatoms. The average molecular weight is 295 g/mol. The Balaban J connectivity index is 2.94. The lowest BCUT2D eigenvalue weighted by Gasteiger charge is -2.29. The van der Waals surface area contributed by atoms with Gasteiger partial charge in [0.05, 0.1) is 0 Å². The van der Waals surface area contributed by atoms with Gasteiger partial charge in [-0.3, -0.25) is 5.43 Å². The SMILES string of the molecule is CCN(CC)c1nc(NN)nc(NCC(C)(C)C(C)C)n1. The molecular weight excluding hydrogens is 266 g/mol. The van der Waals surface area contributed by atoms with E-state index in [2.05, 4.69) is 72.1 Å². The molecule has 0 aliphatic heterocycles. The molecule has 120 valence electrons. The van der Waals surface area contributed by atoms with Crippen molar-refractivity contribution in [2.24, 2.45) is 17.2 Å². The monoisotopic (exact) mass is 295 g/mol. The van der Waals surface area contributed by atoms with E-state index in [1.807, 2.05) is 0 Å². The summed E-state index contributed by atoms with van der Waals surface area (Å²) in [7, 11) is 0. The van der Waals surface area contributed by atoms with Crippen LogP contribution in [-0.2, 0) is 0 Å². The topological polar surface area (TPSA) is 92.0 Å². The van der Waals surface area contributed by atoms with E-state index < -0.39 is 0 Å². The third-order valence-corrected chi connectivity index (χ3v) is 4.06. The van der Waals surface area contributed by atoms with E-state index in [4.69, 9.17) is 5.84 Å². The Morgan fingerprint density at radius 3 is 2.14 bits per heavy atom. The van der Waals surface area contributed by atoms with Crippen molar-refractivity contribution in [2.75, 3.05) is 35.3 Å². The van der Waals surface area contributed by atoms with E-state index >= 15 is 0 Å². The van der Waals surface area contributed by atoms with Crippen LogP contribution in [-0.4, -0.2) is 34.6 Å². The fourth-order valence-corrected chi connectivity index (χ4v) is 1.67. The molecule has 1 aromatic rings. The fourth-order valence-electron chi connectivity index (χ4n) is 1.67. The van der Waals surface area contributed by atoms with Crippen LogP contribution in [0.5, 0.6) is 0 Å². The molecule has 0 bridgehead atoms. The Kier molecular flexibility index (Phi) is 6.14. The minimum Gasteiger partial charge on any atom is -0.353 e. The highest BCUT2D eigenvalue weighted by atomic mass is 15.4. The van der Waals surface area contributed by atoms with Gasteiger partial charge < -0.3 is 10.2 Å². The summed E-state index contributed by atoms with van der Waals surface area (Å²) >= 11 is 0. The third kappa shape index (κ3) is 4.70. The Bertz CT molecular complexity index is 441. The molecule has 0 saturated heterocycles. The first-order valence-corrected chi connectivity index (χ1v) is 7.55. The van der Waals surface area contributed by atoms with Gasteiger partial charge in [-0.15, -0.1) is 0 Å². The van der Waals surface area contributed by atoms with Crippen LogP contribution in [0.3, 0.4) is 0 Å². The summed E-state index contributed by atoms with van der Waals surface area (Å²) in [4.78, 5) is 15.1. The van der Waals surface area contributed by atoms with Gasteiger partial charge in [-0.2, -0.15) is 15.0 Å². The van der Waals surface area contributed by atoms with Gasteiger partial charge in [-0.25, -0.2) is 5.84 Å². The lowest BCUT2D eigenvalue weighted by molar-refractivity contribution is 0.269. The fraction of sp³-hybridized carbons (Fsp3) is 0.786. The lowest BCUT2D eigenvalue weighted by Crippen LogP contribution is -2.30. The molecule has 4 N–H and O–H groups in total. The average Bonchev–Trinajstić information content (AvgIpc) is 2.46. The van der Waals surface area contributed by atoms with Gasteiger partial charge in [0.15, 0.2) is 0 Å². The van der Waals surface area contributed by atoms with Gasteiger partial charge in [0.2, 0.25) is 17.8 Å². The number of rotatable bonds is 8. The molecule has 0 aliphatic rings. The van der Waals surface area contributed by atoms with Crippen molar-refractivity contribution in [1.29, 1.82) is 0 Å². The number of anilines is 3. The van der Waals surface area contributed by atoms with Crippen LogP contribution >= 0.6 is 0 Å². The van der Waals surface area contributed by atoms with Crippen molar-refractivity contribution in [2.45, 2.75) is 41.5 Å². The van der Waals surface area contributed by atoms with Gasteiger partial charge in [0.1, 0.15) is 0 Å². The van der Waals surface area contributed by atoms with Gasteiger partial charge in [0, 0.05) is 19.6 Å². The molecule has 0 fully saturated rings. The standard InChI is InChI=1S/C14H29N7/c1-7-21(8-2)13-18-11(17-12(19-13)20-15)16-9-14(5,6)10(3)4/h10H,7-9,15H2,1-6H3,(H2,16,17,18,19,20). The molecule has 1 heterocycles. The maximum atomic E-state index is 5.45. The number of nitrogen functional groups attached to an aromatic ring is 1. The first kappa shape index (κ1) is 17.4. The predicted molar refractivity (Wildman–Crippen MR) is 88.3 cm³/mol. The van der Waals surface area contributed by atoms with Crippen LogP contribution in [0.25, 0.3) is 0 Å². The largest absolute Gasteiger partial charge is 0.353 e. The third-order valence-electron chi connectivity index (χ3n) is 4.06.